The summed E-state index contributed by atoms with van der Waals surface area (Å²) in [6.45, 7) is 0. The van der Waals surface area contributed by atoms with Gasteiger partial charge in [-0.2, -0.15) is 0 Å². The average Bonchev–Trinajstić information content (AvgIpc) is 2.75. The first-order valence-corrected chi connectivity index (χ1v) is 8.98. The van der Waals surface area contributed by atoms with Crippen LogP contribution in [0.1, 0.15) is 77.0 Å². The molecule has 0 aliphatic heterocycles. The van der Waals surface area contributed by atoms with E-state index in [1.807, 2.05) is 0 Å². The summed E-state index contributed by atoms with van der Waals surface area (Å²) < 4.78 is 0. The molecule has 0 aromatic heterocycles. The molecule has 0 spiro atoms. The van der Waals surface area contributed by atoms with Gasteiger partial charge in [-0.15, -0.1) is 0 Å². The van der Waals surface area contributed by atoms with Gasteiger partial charge in [-0.1, -0.05) is 81.2 Å². The lowest BCUT2D eigenvalue weighted by atomic mass is 9.82. The second kappa shape index (κ2) is 7.29. The molecule has 0 N–H and O–H groups in total. The number of allylic oxidation sites excluding steroid dienone is 6. The molecule has 0 radical (unpaired) electrons. The van der Waals surface area contributed by atoms with E-state index in [0.717, 1.165) is 11.8 Å². The standard InChI is InChI=1S/C20H30/c1-3-8-17(9-4-1)16-18-10-7-13-20(15-14-18)19-11-5-2-6-12-19/h7,10,13,15,17,19H,1-6,8-9,11-12,14,16H2. The van der Waals surface area contributed by atoms with E-state index in [-0.39, 0.29) is 0 Å². The topological polar surface area (TPSA) is 0 Å². The predicted octanol–water partition coefficient (Wildman–Crippen LogP) is 6.35. The van der Waals surface area contributed by atoms with Crippen molar-refractivity contribution in [1.82, 2.24) is 0 Å². The van der Waals surface area contributed by atoms with Crippen LogP contribution in [0.4, 0.5) is 0 Å². The van der Waals surface area contributed by atoms with E-state index in [9.17, 15) is 0 Å². The van der Waals surface area contributed by atoms with Gasteiger partial charge < -0.3 is 0 Å². The minimum Gasteiger partial charge on any atom is -0.0770 e. The zero-order chi connectivity index (χ0) is 13.6. The van der Waals surface area contributed by atoms with Crippen molar-refractivity contribution in [2.24, 2.45) is 11.8 Å². The van der Waals surface area contributed by atoms with Crippen LogP contribution in [0, 0.1) is 11.8 Å². The van der Waals surface area contributed by atoms with E-state index in [1.54, 1.807) is 11.1 Å². The van der Waals surface area contributed by atoms with E-state index >= 15 is 0 Å². The first-order valence-electron chi connectivity index (χ1n) is 8.98. The van der Waals surface area contributed by atoms with Crippen molar-refractivity contribution in [2.45, 2.75) is 77.0 Å². The van der Waals surface area contributed by atoms with Crippen molar-refractivity contribution in [3.63, 3.8) is 0 Å². The Kier molecular flexibility index (Phi) is 5.17. The lowest BCUT2D eigenvalue weighted by Crippen LogP contribution is -2.08. The lowest BCUT2D eigenvalue weighted by molar-refractivity contribution is 0.354. The third kappa shape index (κ3) is 3.87. The summed E-state index contributed by atoms with van der Waals surface area (Å²) in [6, 6.07) is 0. The molecule has 3 aliphatic carbocycles. The van der Waals surface area contributed by atoms with Crippen molar-refractivity contribution >= 4 is 0 Å². The van der Waals surface area contributed by atoms with Crippen LogP contribution in [0.2, 0.25) is 0 Å². The monoisotopic (exact) mass is 270 g/mol. The molecule has 3 rings (SSSR count). The van der Waals surface area contributed by atoms with Crippen molar-refractivity contribution in [1.29, 1.82) is 0 Å². The third-order valence-electron chi connectivity index (χ3n) is 5.57. The minimum absolute atomic E-state index is 0.863. The maximum atomic E-state index is 2.55. The van der Waals surface area contributed by atoms with Crippen LogP contribution in [-0.2, 0) is 0 Å². The van der Waals surface area contributed by atoms with Gasteiger partial charge in [0.25, 0.3) is 0 Å². The molecular weight excluding hydrogens is 240 g/mol. The molecule has 0 saturated heterocycles. The van der Waals surface area contributed by atoms with Gasteiger partial charge in [0.2, 0.25) is 0 Å². The maximum absolute atomic E-state index is 2.55. The van der Waals surface area contributed by atoms with Crippen LogP contribution in [0.25, 0.3) is 0 Å². The van der Waals surface area contributed by atoms with Crippen LogP contribution < -0.4 is 0 Å². The van der Waals surface area contributed by atoms with E-state index in [0.29, 0.717) is 0 Å². The molecule has 0 nitrogen and oxygen atoms in total. The van der Waals surface area contributed by atoms with E-state index in [4.69, 9.17) is 0 Å². The molecule has 0 heteroatoms. The van der Waals surface area contributed by atoms with Gasteiger partial charge in [-0.05, 0) is 43.1 Å². The Labute approximate surface area is 125 Å². The van der Waals surface area contributed by atoms with E-state index in [2.05, 4.69) is 24.3 Å². The van der Waals surface area contributed by atoms with Crippen LogP contribution >= 0.6 is 0 Å². The summed E-state index contributed by atoms with van der Waals surface area (Å²) in [5, 5.41) is 0. The van der Waals surface area contributed by atoms with Gasteiger partial charge in [0.05, 0.1) is 0 Å². The minimum atomic E-state index is 0.863. The summed E-state index contributed by atoms with van der Waals surface area (Å²) in [4.78, 5) is 0. The molecule has 20 heavy (non-hydrogen) atoms. The van der Waals surface area contributed by atoms with Crippen molar-refractivity contribution in [2.75, 3.05) is 0 Å². The van der Waals surface area contributed by atoms with Gasteiger partial charge >= 0.3 is 0 Å². The van der Waals surface area contributed by atoms with E-state index < -0.39 is 0 Å². The molecule has 0 unspecified atom stereocenters. The summed E-state index contributed by atoms with van der Waals surface area (Å²) in [5.41, 5.74) is 3.32. The predicted molar refractivity (Wildman–Crippen MR) is 87.7 cm³/mol. The van der Waals surface area contributed by atoms with Crippen molar-refractivity contribution in [3.05, 3.63) is 35.5 Å². The van der Waals surface area contributed by atoms with Crippen LogP contribution in [0.5, 0.6) is 0 Å². The summed E-state index contributed by atoms with van der Waals surface area (Å²) >= 11 is 0. The molecule has 2 saturated carbocycles. The second-order valence-corrected chi connectivity index (χ2v) is 7.14. The highest BCUT2D eigenvalue weighted by Gasteiger charge is 2.18. The molecule has 0 aromatic rings. The fourth-order valence-electron chi connectivity index (χ4n) is 4.33. The molecule has 0 amide bonds. The van der Waals surface area contributed by atoms with Crippen molar-refractivity contribution in [3.8, 4) is 0 Å². The Hall–Kier alpha value is -0.780. The van der Waals surface area contributed by atoms with Gasteiger partial charge in [0.15, 0.2) is 0 Å². The molecule has 3 aliphatic rings. The first-order chi connectivity index (χ1) is 9.92. The quantitative estimate of drug-likeness (QED) is 0.560. The number of hydrogen-bond donors (Lipinski definition) is 0. The smallest absolute Gasteiger partial charge is 0.0130 e. The molecule has 0 atom stereocenters. The average molecular weight is 270 g/mol. The highest BCUT2D eigenvalue weighted by Crippen LogP contribution is 2.34. The summed E-state index contributed by atoms with van der Waals surface area (Å²) in [5.74, 6) is 1.84. The maximum Gasteiger partial charge on any atom is -0.0130 e. The first kappa shape index (κ1) is 14.2. The molecule has 0 bridgehead atoms. The Morgan fingerprint density at radius 3 is 2.30 bits per heavy atom. The van der Waals surface area contributed by atoms with Gasteiger partial charge in [0, 0.05) is 0 Å². The van der Waals surface area contributed by atoms with Gasteiger partial charge in [-0.3, -0.25) is 0 Å². The van der Waals surface area contributed by atoms with Crippen LogP contribution in [-0.4, -0.2) is 0 Å². The second-order valence-electron chi connectivity index (χ2n) is 7.14. The SMILES string of the molecule is C1=CC(C2CCCCC2)=CCC(CC2CCCCC2)=C1. The third-order valence-corrected chi connectivity index (χ3v) is 5.57. The molecule has 2 fully saturated rings. The van der Waals surface area contributed by atoms with Crippen LogP contribution in [0.15, 0.2) is 35.5 Å². The lowest BCUT2D eigenvalue weighted by Gasteiger charge is -2.23. The molecule has 0 heterocycles. The zero-order valence-electron chi connectivity index (χ0n) is 12.9. The van der Waals surface area contributed by atoms with Crippen LogP contribution in [0.3, 0.4) is 0 Å². The van der Waals surface area contributed by atoms with Gasteiger partial charge in [0.1, 0.15) is 0 Å². The summed E-state index contributed by atoms with van der Waals surface area (Å²) in [6.07, 6.45) is 26.8. The molecule has 0 aromatic carbocycles. The number of hydrogen-bond acceptors (Lipinski definition) is 0. The normalized spacial score (nSPS) is 26.0. The Morgan fingerprint density at radius 2 is 1.55 bits per heavy atom. The Bertz CT molecular complexity index is 384. The summed E-state index contributed by atoms with van der Waals surface area (Å²) in [7, 11) is 0. The van der Waals surface area contributed by atoms with Gasteiger partial charge in [-0.25, -0.2) is 0 Å². The largest absolute Gasteiger partial charge is 0.0770 e. The molecule has 110 valence electrons. The fourth-order valence-corrected chi connectivity index (χ4v) is 4.33. The fraction of sp³-hybridized carbons (Fsp3) is 0.700. The Morgan fingerprint density at radius 1 is 0.850 bits per heavy atom. The molecular formula is C20H30. The highest BCUT2D eigenvalue weighted by molar-refractivity contribution is 5.32. The highest BCUT2D eigenvalue weighted by atomic mass is 14.2. The van der Waals surface area contributed by atoms with E-state index in [1.165, 1.54) is 77.0 Å². The number of rotatable bonds is 3. The zero-order valence-corrected chi connectivity index (χ0v) is 12.9. The Balaban J connectivity index is 1.55. The van der Waals surface area contributed by atoms with Crippen molar-refractivity contribution < 1.29 is 0 Å².